The van der Waals surface area contributed by atoms with E-state index in [9.17, 15) is 4.39 Å². The summed E-state index contributed by atoms with van der Waals surface area (Å²) in [5.74, 6) is 0.846. The molecular formula is C13H13ClFN3O. The lowest BCUT2D eigenvalue weighted by molar-refractivity contribution is 0.459. The minimum absolute atomic E-state index is 0.189. The lowest BCUT2D eigenvalue weighted by Crippen LogP contribution is -2.03. The van der Waals surface area contributed by atoms with Gasteiger partial charge in [0.2, 0.25) is 5.88 Å². The van der Waals surface area contributed by atoms with Gasteiger partial charge in [-0.15, -0.1) is 0 Å². The minimum atomic E-state index is -0.415. The van der Waals surface area contributed by atoms with Crippen molar-refractivity contribution >= 4 is 17.4 Å². The van der Waals surface area contributed by atoms with Gasteiger partial charge in [0.25, 0.3) is 0 Å². The monoisotopic (exact) mass is 281 g/mol. The lowest BCUT2D eigenvalue weighted by Gasteiger charge is -2.08. The number of anilines is 1. The van der Waals surface area contributed by atoms with Crippen LogP contribution in [-0.4, -0.2) is 16.5 Å². The third-order valence-electron chi connectivity index (χ3n) is 2.28. The van der Waals surface area contributed by atoms with Crippen LogP contribution in [0.25, 0.3) is 0 Å². The third kappa shape index (κ3) is 3.79. The maximum absolute atomic E-state index is 12.9. The van der Waals surface area contributed by atoms with Crippen molar-refractivity contribution in [2.75, 3.05) is 11.9 Å². The Kier molecular flexibility index (Phi) is 4.52. The van der Waals surface area contributed by atoms with Crippen LogP contribution in [0.5, 0.6) is 11.6 Å². The molecule has 0 saturated carbocycles. The normalized spacial score (nSPS) is 10.3. The first-order valence-electron chi connectivity index (χ1n) is 5.88. The van der Waals surface area contributed by atoms with E-state index in [4.69, 9.17) is 16.3 Å². The average molecular weight is 282 g/mol. The van der Waals surface area contributed by atoms with Crippen molar-refractivity contribution < 1.29 is 9.13 Å². The second-order valence-corrected chi connectivity index (χ2v) is 4.25. The summed E-state index contributed by atoms with van der Waals surface area (Å²) in [6.07, 6.45) is 4.06. The molecule has 0 aliphatic carbocycles. The van der Waals surface area contributed by atoms with Gasteiger partial charge in [-0.1, -0.05) is 18.5 Å². The molecule has 100 valence electrons. The molecule has 19 heavy (non-hydrogen) atoms. The highest BCUT2D eigenvalue weighted by Gasteiger charge is 2.06. The molecule has 1 aromatic heterocycles. The Morgan fingerprint density at radius 3 is 2.95 bits per heavy atom. The van der Waals surface area contributed by atoms with Crippen LogP contribution >= 0.6 is 11.6 Å². The van der Waals surface area contributed by atoms with Crippen LogP contribution in [0, 0.1) is 5.82 Å². The van der Waals surface area contributed by atoms with Crippen LogP contribution in [0.2, 0.25) is 5.02 Å². The van der Waals surface area contributed by atoms with E-state index in [-0.39, 0.29) is 5.02 Å². The fourth-order valence-corrected chi connectivity index (χ4v) is 1.61. The van der Waals surface area contributed by atoms with Gasteiger partial charge in [-0.25, -0.2) is 4.39 Å². The summed E-state index contributed by atoms with van der Waals surface area (Å²) in [4.78, 5) is 8.23. The number of benzene rings is 1. The molecular weight excluding hydrogens is 269 g/mol. The molecule has 0 amide bonds. The van der Waals surface area contributed by atoms with Crippen molar-refractivity contribution in [2.24, 2.45) is 0 Å². The maximum Gasteiger partial charge on any atom is 0.239 e. The van der Waals surface area contributed by atoms with Crippen LogP contribution in [0.15, 0.2) is 30.6 Å². The topological polar surface area (TPSA) is 47.0 Å². The van der Waals surface area contributed by atoms with Gasteiger partial charge in [0.1, 0.15) is 17.4 Å². The predicted molar refractivity (Wildman–Crippen MR) is 72.3 cm³/mol. The van der Waals surface area contributed by atoms with Crippen LogP contribution < -0.4 is 10.1 Å². The Bertz CT molecular complexity index is 565. The summed E-state index contributed by atoms with van der Waals surface area (Å²) >= 11 is 5.87. The molecule has 2 rings (SSSR count). The molecule has 0 unspecified atom stereocenters. The zero-order valence-corrected chi connectivity index (χ0v) is 11.1. The lowest BCUT2D eigenvalue weighted by atomic mass is 10.3. The van der Waals surface area contributed by atoms with Crippen molar-refractivity contribution in [3.05, 3.63) is 41.4 Å². The first-order valence-corrected chi connectivity index (χ1v) is 6.25. The van der Waals surface area contributed by atoms with Crippen molar-refractivity contribution in [3.8, 4) is 11.6 Å². The molecule has 1 heterocycles. The molecule has 0 aliphatic heterocycles. The Morgan fingerprint density at radius 2 is 2.21 bits per heavy atom. The summed E-state index contributed by atoms with van der Waals surface area (Å²) in [6.45, 7) is 2.86. The molecule has 0 atom stereocenters. The molecule has 4 nitrogen and oxygen atoms in total. The maximum atomic E-state index is 12.9. The zero-order valence-electron chi connectivity index (χ0n) is 10.4. The number of halogens is 2. The first kappa shape index (κ1) is 13.5. The van der Waals surface area contributed by atoms with E-state index in [0.29, 0.717) is 17.4 Å². The molecule has 2 aromatic rings. The summed E-state index contributed by atoms with van der Waals surface area (Å²) in [7, 11) is 0. The van der Waals surface area contributed by atoms with E-state index in [1.165, 1.54) is 24.4 Å². The van der Waals surface area contributed by atoms with Gasteiger partial charge in [-0.05, 0) is 24.6 Å². The quantitative estimate of drug-likeness (QED) is 0.903. The van der Waals surface area contributed by atoms with Crippen LogP contribution in [-0.2, 0) is 0 Å². The SMILES string of the molecule is CCCNc1cncc(Oc2ccc(F)cc2Cl)n1. The highest BCUT2D eigenvalue weighted by atomic mass is 35.5. The molecule has 0 saturated heterocycles. The second kappa shape index (κ2) is 6.33. The van der Waals surface area contributed by atoms with Crippen LogP contribution in [0.4, 0.5) is 10.2 Å². The number of ether oxygens (including phenoxy) is 1. The van der Waals surface area contributed by atoms with Gasteiger partial charge in [-0.3, -0.25) is 4.98 Å². The average Bonchev–Trinajstić information content (AvgIpc) is 2.40. The number of rotatable bonds is 5. The molecule has 1 N–H and O–H groups in total. The summed E-state index contributed by atoms with van der Waals surface area (Å²) < 4.78 is 18.4. The zero-order chi connectivity index (χ0) is 13.7. The Balaban J connectivity index is 2.14. The first-order chi connectivity index (χ1) is 9.19. The van der Waals surface area contributed by atoms with Gasteiger partial charge < -0.3 is 10.1 Å². The highest BCUT2D eigenvalue weighted by molar-refractivity contribution is 6.32. The van der Waals surface area contributed by atoms with E-state index < -0.39 is 5.82 Å². The number of nitrogens with one attached hydrogen (secondary N) is 1. The standard InChI is InChI=1S/C13H13ClFN3O/c1-2-5-17-12-7-16-8-13(18-12)19-11-4-3-9(15)6-10(11)14/h3-4,6-8H,2,5H2,1H3,(H,17,18). The molecule has 0 aliphatic rings. The molecule has 1 aromatic carbocycles. The van der Waals surface area contributed by atoms with Crippen molar-refractivity contribution in [3.63, 3.8) is 0 Å². The Hall–Kier alpha value is -1.88. The predicted octanol–water partition coefficient (Wildman–Crippen LogP) is 3.88. The van der Waals surface area contributed by atoms with Gasteiger partial charge in [0.05, 0.1) is 17.4 Å². The molecule has 0 radical (unpaired) electrons. The summed E-state index contributed by atoms with van der Waals surface area (Å²) in [5.41, 5.74) is 0. The number of nitrogens with zero attached hydrogens (tertiary/aromatic N) is 2. The number of hydrogen-bond donors (Lipinski definition) is 1. The Labute approximate surface area is 115 Å². The van der Waals surface area contributed by atoms with E-state index >= 15 is 0 Å². The molecule has 0 fully saturated rings. The van der Waals surface area contributed by atoms with Gasteiger partial charge in [-0.2, -0.15) is 4.98 Å². The second-order valence-electron chi connectivity index (χ2n) is 3.85. The fraction of sp³-hybridized carbons (Fsp3) is 0.231. The van der Waals surface area contributed by atoms with E-state index in [1.807, 2.05) is 0 Å². The van der Waals surface area contributed by atoms with E-state index in [0.717, 1.165) is 13.0 Å². The van der Waals surface area contributed by atoms with E-state index in [1.54, 1.807) is 6.20 Å². The molecule has 6 heteroatoms. The van der Waals surface area contributed by atoms with Crippen molar-refractivity contribution in [1.29, 1.82) is 0 Å². The molecule has 0 spiro atoms. The largest absolute Gasteiger partial charge is 0.436 e. The van der Waals surface area contributed by atoms with Crippen LogP contribution in [0.1, 0.15) is 13.3 Å². The number of aromatic nitrogens is 2. The number of hydrogen-bond acceptors (Lipinski definition) is 4. The van der Waals surface area contributed by atoms with Crippen LogP contribution in [0.3, 0.4) is 0 Å². The summed E-state index contributed by atoms with van der Waals surface area (Å²) in [6, 6.07) is 3.91. The van der Waals surface area contributed by atoms with Gasteiger partial charge in [0, 0.05) is 6.54 Å². The Morgan fingerprint density at radius 1 is 1.37 bits per heavy atom. The fourth-order valence-electron chi connectivity index (χ4n) is 1.41. The van der Waals surface area contributed by atoms with Gasteiger partial charge >= 0.3 is 0 Å². The highest BCUT2D eigenvalue weighted by Crippen LogP contribution is 2.28. The van der Waals surface area contributed by atoms with Gasteiger partial charge in [0.15, 0.2) is 0 Å². The molecule has 0 bridgehead atoms. The van der Waals surface area contributed by atoms with E-state index in [2.05, 4.69) is 22.2 Å². The third-order valence-corrected chi connectivity index (χ3v) is 2.57. The van der Waals surface area contributed by atoms with Crippen molar-refractivity contribution in [1.82, 2.24) is 9.97 Å². The summed E-state index contributed by atoms with van der Waals surface area (Å²) in [5, 5.41) is 3.29. The minimum Gasteiger partial charge on any atom is -0.436 e. The smallest absolute Gasteiger partial charge is 0.239 e. The van der Waals surface area contributed by atoms with Crippen molar-refractivity contribution in [2.45, 2.75) is 13.3 Å².